The number of rotatable bonds is 1. The van der Waals surface area contributed by atoms with Crippen LogP contribution in [0.2, 0.25) is 0 Å². The lowest BCUT2D eigenvalue weighted by Crippen LogP contribution is -2.27. The number of piperidine rings is 1. The fourth-order valence-electron chi connectivity index (χ4n) is 1.78. The van der Waals surface area contributed by atoms with Crippen molar-refractivity contribution < 1.29 is 0 Å². The van der Waals surface area contributed by atoms with E-state index in [1.807, 2.05) is 11.3 Å². The topological polar surface area (TPSA) is 12.0 Å². The number of halogens is 1. The Hall–Kier alpha value is 0.140. The molecule has 0 saturated carbocycles. The van der Waals surface area contributed by atoms with E-state index in [1.54, 1.807) is 0 Å². The van der Waals surface area contributed by atoms with Gasteiger partial charge >= 0.3 is 0 Å². The summed E-state index contributed by atoms with van der Waals surface area (Å²) < 4.78 is 1.28. The summed E-state index contributed by atoms with van der Waals surface area (Å²) in [7, 11) is 0. The lowest BCUT2D eigenvalue weighted by molar-refractivity contribution is 0.466. The van der Waals surface area contributed by atoms with E-state index >= 15 is 0 Å². The van der Waals surface area contributed by atoms with E-state index in [0.717, 1.165) is 12.5 Å². The Morgan fingerprint density at radius 1 is 1.62 bits per heavy atom. The standard InChI is InChI=1S/C10H14BrNS/c1-7-9(11)5-10(13-7)8-3-2-4-12-6-8/h5,8,12H,2-4,6H2,1H3. The molecule has 1 aliphatic heterocycles. The fourth-order valence-corrected chi connectivity index (χ4v) is 3.47. The first-order valence-electron chi connectivity index (χ1n) is 4.74. The van der Waals surface area contributed by atoms with Gasteiger partial charge in [0.05, 0.1) is 0 Å². The van der Waals surface area contributed by atoms with E-state index in [4.69, 9.17) is 0 Å². The van der Waals surface area contributed by atoms with Crippen molar-refractivity contribution in [3.8, 4) is 0 Å². The van der Waals surface area contributed by atoms with Crippen LogP contribution < -0.4 is 5.32 Å². The molecule has 0 aromatic carbocycles. The second-order valence-electron chi connectivity index (χ2n) is 3.60. The Balaban J connectivity index is 2.14. The van der Waals surface area contributed by atoms with E-state index in [-0.39, 0.29) is 0 Å². The van der Waals surface area contributed by atoms with Crippen LogP contribution in [0.5, 0.6) is 0 Å². The van der Waals surface area contributed by atoms with Crippen LogP contribution in [-0.4, -0.2) is 13.1 Å². The van der Waals surface area contributed by atoms with Gasteiger partial charge in [0.25, 0.3) is 0 Å². The first-order valence-corrected chi connectivity index (χ1v) is 6.35. The number of thiophene rings is 1. The van der Waals surface area contributed by atoms with Crippen LogP contribution in [0.1, 0.15) is 28.5 Å². The average Bonchev–Trinajstić information content (AvgIpc) is 2.49. The van der Waals surface area contributed by atoms with Crippen LogP contribution in [-0.2, 0) is 0 Å². The highest BCUT2D eigenvalue weighted by molar-refractivity contribution is 9.10. The Labute approximate surface area is 91.7 Å². The van der Waals surface area contributed by atoms with E-state index in [9.17, 15) is 0 Å². The second-order valence-corrected chi connectivity index (χ2v) is 5.74. The van der Waals surface area contributed by atoms with Gasteiger partial charge < -0.3 is 5.32 Å². The van der Waals surface area contributed by atoms with Crippen molar-refractivity contribution in [3.63, 3.8) is 0 Å². The minimum Gasteiger partial charge on any atom is -0.316 e. The average molecular weight is 260 g/mol. The van der Waals surface area contributed by atoms with Gasteiger partial charge in [0.1, 0.15) is 0 Å². The monoisotopic (exact) mass is 259 g/mol. The molecule has 1 fully saturated rings. The molecule has 1 nitrogen and oxygen atoms in total. The molecule has 0 aliphatic carbocycles. The molecule has 1 saturated heterocycles. The SMILES string of the molecule is Cc1sc(C2CCCNC2)cc1Br. The highest BCUT2D eigenvalue weighted by atomic mass is 79.9. The molecule has 1 aromatic heterocycles. The minimum atomic E-state index is 0.753. The Kier molecular flexibility index (Phi) is 3.06. The summed E-state index contributed by atoms with van der Waals surface area (Å²) >= 11 is 5.51. The third-order valence-corrected chi connectivity index (χ3v) is 4.87. The molecule has 0 bridgehead atoms. The molecule has 0 amide bonds. The maximum absolute atomic E-state index is 3.57. The van der Waals surface area contributed by atoms with Crippen molar-refractivity contribution in [2.45, 2.75) is 25.7 Å². The van der Waals surface area contributed by atoms with E-state index in [1.165, 1.54) is 33.6 Å². The summed E-state index contributed by atoms with van der Waals surface area (Å²) in [5.74, 6) is 0.753. The smallest absolute Gasteiger partial charge is 0.0314 e. The normalized spacial score (nSPS) is 23.4. The highest BCUT2D eigenvalue weighted by Crippen LogP contribution is 2.34. The maximum Gasteiger partial charge on any atom is 0.0314 e. The number of aryl methyl sites for hydroxylation is 1. The van der Waals surface area contributed by atoms with Gasteiger partial charge in [-0.25, -0.2) is 0 Å². The Morgan fingerprint density at radius 3 is 3.00 bits per heavy atom. The minimum absolute atomic E-state index is 0.753. The molecule has 3 heteroatoms. The lowest BCUT2D eigenvalue weighted by Gasteiger charge is -2.21. The van der Waals surface area contributed by atoms with Gasteiger partial charge in [-0.05, 0) is 48.3 Å². The van der Waals surface area contributed by atoms with Crippen molar-refractivity contribution in [1.82, 2.24) is 5.32 Å². The van der Waals surface area contributed by atoms with Gasteiger partial charge in [0.15, 0.2) is 0 Å². The molecule has 1 aromatic rings. The summed E-state index contributed by atoms with van der Waals surface area (Å²) in [5, 5.41) is 3.45. The predicted octanol–water partition coefficient (Wildman–Crippen LogP) is 3.29. The number of hydrogen-bond donors (Lipinski definition) is 1. The maximum atomic E-state index is 3.57. The van der Waals surface area contributed by atoms with Gasteiger partial charge in [-0.1, -0.05) is 0 Å². The predicted molar refractivity (Wildman–Crippen MR) is 61.6 cm³/mol. The van der Waals surface area contributed by atoms with E-state index in [2.05, 4.69) is 34.2 Å². The highest BCUT2D eigenvalue weighted by Gasteiger charge is 2.17. The Morgan fingerprint density at radius 2 is 2.46 bits per heavy atom. The summed E-state index contributed by atoms with van der Waals surface area (Å²) in [4.78, 5) is 2.94. The lowest BCUT2D eigenvalue weighted by atomic mass is 9.98. The zero-order valence-electron chi connectivity index (χ0n) is 7.77. The first-order chi connectivity index (χ1) is 6.27. The van der Waals surface area contributed by atoms with Crippen LogP contribution in [0.15, 0.2) is 10.5 Å². The molecule has 2 heterocycles. The van der Waals surface area contributed by atoms with Crippen molar-refractivity contribution in [3.05, 3.63) is 20.3 Å². The van der Waals surface area contributed by atoms with Gasteiger partial charge in [-0.3, -0.25) is 0 Å². The third-order valence-electron chi connectivity index (χ3n) is 2.58. The summed E-state index contributed by atoms with van der Waals surface area (Å²) in [6.45, 7) is 4.53. The fraction of sp³-hybridized carbons (Fsp3) is 0.600. The van der Waals surface area contributed by atoms with Crippen molar-refractivity contribution in [1.29, 1.82) is 0 Å². The molecule has 72 valence electrons. The van der Waals surface area contributed by atoms with Gasteiger partial charge in [-0.2, -0.15) is 0 Å². The molecule has 2 rings (SSSR count). The molecule has 1 unspecified atom stereocenters. The van der Waals surface area contributed by atoms with Crippen LogP contribution >= 0.6 is 27.3 Å². The van der Waals surface area contributed by atoms with E-state index in [0.29, 0.717) is 0 Å². The van der Waals surface area contributed by atoms with Crippen molar-refractivity contribution >= 4 is 27.3 Å². The summed E-state index contributed by atoms with van der Waals surface area (Å²) in [6, 6.07) is 2.29. The quantitative estimate of drug-likeness (QED) is 0.817. The van der Waals surface area contributed by atoms with Gasteiger partial charge in [0.2, 0.25) is 0 Å². The molecular formula is C10H14BrNS. The molecule has 1 N–H and O–H groups in total. The first kappa shape index (κ1) is 9.69. The molecular weight excluding hydrogens is 246 g/mol. The van der Waals surface area contributed by atoms with Crippen LogP contribution in [0.25, 0.3) is 0 Å². The molecule has 1 atom stereocenters. The summed E-state index contributed by atoms with van der Waals surface area (Å²) in [6.07, 6.45) is 2.67. The van der Waals surface area contributed by atoms with Crippen molar-refractivity contribution in [2.75, 3.05) is 13.1 Å². The van der Waals surface area contributed by atoms with Gasteiger partial charge in [-0.15, -0.1) is 11.3 Å². The summed E-state index contributed by atoms with van der Waals surface area (Å²) in [5.41, 5.74) is 0. The molecule has 0 radical (unpaired) electrons. The van der Waals surface area contributed by atoms with Crippen LogP contribution in [0.3, 0.4) is 0 Å². The zero-order chi connectivity index (χ0) is 9.26. The second kappa shape index (κ2) is 4.11. The van der Waals surface area contributed by atoms with Crippen molar-refractivity contribution in [2.24, 2.45) is 0 Å². The van der Waals surface area contributed by atoms with Crippen LogP contribution in [0, 0.1) is 6.92 Å². The van der Waals surface area contributed by atoms with Gasteiger partial charge in [0, 0.05) is 26.7 Å². The largest absolute Gasteiger partial charge is 0.316 e. The number of hydrogen-bond acceptors (Lipinski definition) is 2. The number of nitrogens with one attached hydrogen (secondary N) is 1. The van der Waals surface area contributed by atoms with Crippen LogP contribution in [0.4, 0.5) is 0 Å². The van der Waals surface area contributed by atoms with E-state index < -0.39 is 0 Å². The molecule has 13 heavy (non-hydrogen) atoms. The third kappa shape index (κ3) is 2.14. The molecule has 1 aliphatic rings. The molecule has 0 spiro atoms. The zero-order valence-corrected chi connectivity index (χ0v) is 10.2. The Bertz CT molecular complexity index is 270.